The molecule has 1 saturated heterocycles. The molecule has 1 heterocycles. The van der Waals surface area contributed by atoms with E-state index < -0.39 is 12.6 Å². The van der Waals surface area contributed by atoms with Gasteiger partial charge in [-0.1, -0.05) is 18.2 Å². The largest absolute Gasteiger partial charge is 0.390 e. The second-order valence-corrected chi connectivity index (χ2v) is 6.51. The van der Waals surface area contributed by atoms with Gasteiger partial charge in [0.1, 0.15) is 0 Å². The number of alkyl halides is 3. The van der Waals surface area contributed by atoms with Crippen LogP contribution in [0.5, 0.6) is 0 Å². The van der Waals surface area contributed by atoms with Crippen LogP contribution in [0.2, 0.25) is 0 Å². The van der Waals surface area contributed by atoms with Crippen LogP contribution in [0.4, 0.5) is 18.9 Å². The van der Waals surface area contributed by atoms with Crippen LogP contribution in [0.1, 0.15) is 19.8 Å². The first-order chi connectivity index (χ1) is 13.4. The zero-order chi connectivity index (χ0) is 20.4. The number of hydrogen-bond acceptors (Lipinski definition) is 3. The number of hydrogen-bond donors (Lipinski definition) is 2. The maximum atomic E-state index is 12.4. The lowest BCUT2D eigenvalue weighted by atomic mass is 10.2. The van der Waals surface area contributed by atoms with Crippen molar-refractivity contribution in [3.8, 4) is 0 Å². The summed E-state index contributed by atoms with van der Waals surface area (Å²) in [5.74, 6) is 0.333. The van der Waals surface area contributed by atoms with Gasteiger partial charge in [0, 0.05) is 51.4 Å². The molecule has 1 fully saturated rings. The van der Waals surface area contributed by atoms with E-state index in [0.717, 1.165) is 18.8 Å². The van der Waals surface area contributed by atoms with Gasteiger partial charge in [0.25, 0.3) is 0 Å². The minimum Gasteiger partial charge on any atom is -0.368 e. The van der Waals surface area contributed by atoms with Crippen LogP contribution in [0.15, 0.2) is 35.3 Å². The van der Waals surface area contributed by atoms with E-state index in [1.54, 1.807) is 0 Å². The maximum Gasteiger partial charge on any atom is 0.390 e. The number of para-hydroxylation sites is 1. The van der Waals surface area contributed by atoms with Gasteiger partial charge in [-0.3, -0.25) is 9.79 Å². The fourth-order valence-electron chi connectivity index (χ4n) is 2.94. The Kier molecular flexibility index (Phi) is 11.1. The lowest BCUT2D eigenvalue weighted by molar-refractivity contribution is -0.132. The fraction of sp³-hybridized carbons (Fsp3) is 0.579. The highest BCUT2D eigenvalue weighted by Crippen LogP contribution is 2.19. The quantitative estimate of drug-likeness (QED) is 0.326. The van der Waals surface area contributed by atoms with Crippen molar-refractivity contribution in [2.75, 3.05) is 50.7 Å². The van der Waals surface area contributed by atoms with E-state index in [9.17, 15) is 18.0 Å². The van der Waals surface area contributed by atoms with Crippen LogP contribution < -0.4 is 15.5 Å². The Hall–Kier alpha value is -1.72. The van der Waals surface area contributed by atoms with Crippen molar-refractivity contribution in [3.05, 3.63) is 30.3 Å². The number of guanidine groups is 1. The highest BCUT2D eigenvalue weighted by molar-refractivity contribution is 14.0. The normalized spacial score (nSPS) is 15.0. The first-order valence-electron chi connectivity index (χ1n) is 9.56. The summed E-state index contributed by atoms with van der Waals surface area (Å²) in [6, 6.07) is 10.1. The SMILES string of the molecule is CCNC(=NCCC(F)(F)F)NCCC(=O)N1CCN(c2ccccc2)CC1.I. The molecule has 2 N–H and O–H groups in total. The van der Waals surface area contributed by atoms with Gasteiger partial charge >= 0.3 is 6.18 Å². The Labute approximate surface area is 186 Å². The Morgan fingerprint density at radius 3 is 2.34 bits per heavy atom. The lowest BCUT2D eigenvalue weighted by Crippen LogP contribution is -2.49. The molecule has 0 saturated carbocycles. The van der Waals surface area contributed by atoms with Crippen molar-refractivity contribution >= 4 is 41.5 Å². The zero-order valence-corrected chi connectivity index (χ0v) is 18.9. The van der Waals surface area contributed by atoms with Crippen molar-refractivity contribution < 1.29 is 18.0 Å². The monoisotopic (exact) mass is 527 g/mol. The third kappa shape index (κ3) is 9.55. The van der Waals surface area contributed by atoms with Gasteiger partial charge in [0.05, 0.1) is 13.0 Å². The van der Waals surface area contributed by atoms with Gasteiger partial charge < -0.3 is 20.4 Å². The second kappa shape index (κ2) is 12.8. The van der Waals surface area contributed by atoms with Crippen LogP contribution in [0.25, 0.3) is 0 Å². The van der Waals surface area contributed by atoms with E-state index in [-0.39, 0.29) is 42.8 Å². The molecule has 1 aromatic rings. The van der Waals surface area contributed by atoms with E-state index in [1.807, 2.05) is 30.0 Å². The summed E-state index contributed by atoms with van der Waals surface area (Å²) in [6.45, 7) is 5.24. The highest BCUT2D eigenvalue weighted by atomic mass is 127. The molecule has 1 aromatic carbocycles. The summed E-state index contributed by atoms with van der Waals surface area (Å²) in [5, 5.41) is 5.81. The van der Waals surface area contributed by atoms with Crippen LogP contribution in [-0.2, 0) is 4.79 Å². The number of carbonyl (C=O) groups is 1. The topological polar surface area (TPSA) is 60.0 Å². The maximum absolute atomic E-state index is 12.4. The summed E-state index contributed by atoms with van der Waals surface area (Å²) in [4.78, 5) is 20.4. The van der Waals surface area contributed by atoms with Crippen molar-refractivity contribution in [2.45, 2.75) is 25.9 Å². The zero-order valence-electron chi connectivity index (χ0n) is 16.5. The number of piperazine rings is 1. The molecule has 29 heavy (non-hydrogen) atoms. The standard InChI is InChI=1S/C19H28F3N5O.HI/c1-2-23-18(25-11-9-19(20,21)22)24-10-8-17(28)27-14-12-26(13-15-27)16-6-4-3-5-7-16;/h3-7H,2,8-15H2,1H3,(H2,23,24,25);1H. The summed E-state index contributed by atoms with van der Waals surface area (Å²) in [5.41, 5.74) is 1.15. The number of rotatable bonds is 7. The van der Waals surface area contributed by atoms with Crippen molar-refractivity contribution in [3.63, 3.8) is 0 Å². The molecule has 2 rings (SSSR count). The Balaban J connectivity index is 0.00000420. The van der Waals surface area contributed by atoms with E-state index in [0.29, 0.717) is 32.1 Å². The first kappa shape index (κ1) is 25.3. The second-order valence-electron chi connectivity index (χ2n) is 6.51. The van der Waals surface area contributed by atoms with Crippen LogP contribution in [0, 0.1) is 0 Å². The fourth-order valence-corrected chi connectivity index (χ4v) is 2.94. The first-order valence-corrected chi connectivity index (χ1v) is 9.56. The molecule has 1 aliphatic rings. The average molecular weight is 527 g/mol. The number of anilines is 1. The number of nitrogens with one attached hydrogen (secondary N) is 2. The summed E-state index contributed by atoms with van der Waals surface area (Å²) in [7, 11) is 0. The molecule has 0 unspecified atom stereocenters. The van der Waals surface area contributed by atoms with Crippen molar-refractivity contribution in [1.82, 2.24) is 15.5 Å². The molecule has 10 heteroatoms. The van der Waals surface area contributed by atoms with E-state index in [2.05, 4.69) is 32.7 Å². The average Bonchev–Trinajstić information content (AvgIpc) is 2.68. The molecular weight excluding hydrogens is 498 g/mol. The number of amides is 1. The lowest BCUT2D eigenvalue weighted by Gasteiger charge is -2.36. The van der Waals surface area contributed by atoms with Gasteiger partial charge in [-0.15, -0.1) is 24.0 Å². The van der Waals surface area contributed by atoms with Gasteiger partial charge in [-0.05, 0) is 19.1 Å². The molecule has 1 amide bonds. The molecule has 6 nitrogen and oxygen atoms in total. The minimum atomic E-state index is -4.22. The minimum absolute atomic E-state index is 0. The smallest absolute Gasteiger partial charge is 0.368 e. The molecule has 0 radical (unpaired) electrons. The summed E-state index contributed by atoms with van der Waals surface area (Å²) in [6.07, 6.45) is -4.91. The molecule has 0 aliphatic carbocycles. The number of carbonyl (C=O) groups excluding carboxylic acids is 1. The molecule has 0 atom stereocenters. The molecule has 0 bridgehead atoms. The number of nitrogens with zero attached hydrogens (tertiary/aromatic N) is 3. The Bertz CT molecular complexity index is 634. The van der Waals surface area contributed by atoms with Crippen molar-refractivity contribution in [1.29, 1.82) is 0 Å². The molecule has 0 aromatic heterocycles. The van der Waals surface area contributed by atoms with E-state index in [1.165, 1.54) is 0 Å². The van der Waals surface area contributed by atoms with Crippen LogP contribution in [0.3, 0.4) is 0 Å². The van der Waals surface area contributed by atoms with Crippen molar-refractivity contribution in [2.24, 2.45) is 4.99 Å². The van der Waals surface area contributed by atoms with E-state index in [4.69, 9.17) is 0 Å². The predicted molar refractivity (Wildman–Crippen MR) is 120 cm³/mol. The van der Waals surface area contributed by atoms with Gasteiger partial charge in [0.2, 0.25) is 5.91 Å². The molecule has 164 valence electrons. The highest BCUT2D eigenvalue weighted by Gasteiger charge is 2.26. The number of benzene rings is 1. The molecular formula is C19H29F3IN5O. The summed E-state index contributed by atoms with van der Waals surface area (Å²) >= 11 is 0. The van der Waals surface area contributed by atoms with Crippen LogP contribution >= 0.6 is 24.0 Å². The molecule has 1 aliphatic heterocycles. The third-order valence-corrected chi connectivity index (χ3v) is 4.39. The van der Waals surface area contributed by atoms with E-state index >= 15 is 0 Å². The Morgan fingerprint density at radius 1 is 1.10 bits per heavy atom. The third-order valence-electron chi connectivity index (χ3n) is 4.39. The van der Waals surface area contributed by atoms with Crippen LogP contribution in [-0.4, -0.2) is 68.8 Å². The number of halogens is 4. The Morgan fingerprint density at radius 2 is 1.76 bits per heavy atom. The summed E-state index contributed by atoms with van der Waals surface area (Å²) < 4.78 is 36.7. The molecule has 0 spiro atoms. The predicted octanol–water partition coefficient (Wildman–Crippen LogP) is 2.85. The number of aliphatic imine (C=N–C) groups is 1. The van der Waals surface area contributed by atoms with Gasteiger partial charge in [0.15, 0.2) is 5.96 Å². The van der Waals surface area contributed by atoms with Gasteiger partial charge in [-0.25, -0.2) is 0 Å². The van der Waals surface area contributed by atoms with Gasteiger partial charge in [-0.2, -0.15) is 13.2 Å².